The minimum absolute atomic E-state index is 0.167. The summed E-state index contributed by atoms with van der Waals surface area (Å²) in [5, 5.41) is 0. The molecule has 1 amide bonds. The number of amides is 1. The number of likely N-dealkylation sites (N-methyl/N-ethyl adjacent to an activating group) is 1. The summed E-state index contributed by atoms with van der Waals surface area (Å²) in [4.78, 5) is 13.3. The Morgan fingerprint density at radius 2 is 1.90 bits per heavy atom. The van der Waals surface area contributed by atoms with Crippen LogP contribution in [-0.4, -0.2) is 13.0 Å². The van der Waals surface area contributed by atoms with Crippen LogP contribution in [0.2, 0.25) is 0 Å². The molecule has 0 saturated heterocycles. The monoisotopic (exact) mass is 339 g/mol. The van der Waals surface area contributed by atoms with Gasteiger partial charge < -0.3 is 4.90 Å². The Hall–Kier alpha value is -2.31. The van der Waals surface area contributed by atoms with E-state index in [1.807, 2.05) is 48.5 Å². The van der Waals surface area contributed by atoms with E-state index >= 15 is 0 Å². The summed E-state index contributed by atoms with van der Waals surface area (Å²) >= 11 is 3.43. The zero-order valence-corrected chi connectivity index (χ0v) is 13.2. The van der Waals surface area contributed by atoms with Gasteiger partial charge in [-0.05, 0) is 36.4 Å². The van der Waals surface area contributed by atoms with Gasteiger partial charge in [0.1, 0.15) is 0 Å². The van der Waals surface area contributed by atoms with E-state index in [-0.39, 0.29) is 5.91 Å². The number of carbonyl (C=O) groups excluding carboxylic acids is 1. The van der Waals surface area contributed by atoms with Crippen molar-refractivity contribution in [2.75, 3.05) is 11.9 Å². The van der Waals surface area contributed by atoms with Gasteiger partial charge in [-0.3, -0.25) is 4.79 Å². The molecule has 0 saturated carbocycles. The quantitative estimate of drug-likeness (QED) is 0.598. The van der Waals surface area contributed by atoms with Gasteiger partial charge in [-0.2, -0.15) is 0 Å². The number of hydrogen-bond acceptors (Lipinski definition) is 1. The van der Waals surface area contributed by atoms with Crippen LogP contribution in [-0.2, 0) is 4.79 Å². The van der Waals surface area contributed by atoms with E-state index in [0.29, 0.717) is 0 Å². The Morgan fingerprint density at radius 3 is 2.57 bits per heavy atom. The van der Waals surface area contributed by atoms with E-state index in [0.717, 1.165) is 21.3 Å². The highest BCUT2D eigenvalue weighted by atomic mass is 79.9. The van der Waals surface area contributed by atoms with E-state index in [1.54, 1.807) is 7.05 Å². The number of benzene rings is 2. The van der Waals surface area contributed by atoms with Crippen LogP contribution in [0.3, 0.4) is 0 Å². The Bertz CT molecular complexity index is 726. The summed E-state index contributed by atoms with van der Waals surface area (Å²) in [5.41, 5.74) is 2.47. The molecule has 0 bridgehead atoms. The fourth-order valence-electron chi connectivity index (χ4n) is 1.82. The number of nitrogens with zero attached hydrogens (tertiary/aromatic N) is 1. The first kappa shape index (κ1) is 15.1. The molecule has 2 nitrogen and oxygen atoms in total. The number of anilines is 1. The maximum absolute atomic E-state index is 11.8. The smallest absolute Gasteiger partial charge is 0.250 e. The largest absolute Gasteiger partial charge is 0.311 e. The molecule has 0 aliphatic heterocycles. The summed E-state index contributed by atoms with van der Waals surface area (Å²) in [7, 11) is 1.71. The van der Waals surface area contributed by atoms with Gasteiger partial charge in [-0.15, -0.1) is 0 Å². The standard InChI is InChI=1S/C18H14BrNO/c1-3-18(21)20(2)17-12-11-16(19)13-15(17)10-9-14-7-5-4-6-8-14/h3-8,11-13H,1H2,2H3. The van der Waals surface area contributed by atoms with Crippen molar-refractivity contribution in [1.82, 2.24) is 0 Å². The van der Waals surface area contributed by atoms with E-state index < -0.39 is 0 Å². The lowest BCUT2D eigenvalue weighted by Crippen LogP contribution is -2.24. The molecule has 21 heavy (non-hydrogen) atoms. The van der Waals surface area contributed by atoms with Gasteiger partial charge in [0.05, 0.1) is 5.69 Å². The molecule has 2 aromatic carbocycles. The number of halogens is 1. The third-order valence-electron chi connectivity index (χ3n) is 2.94. The van der Waals surface area contributed by atoms with Crippen LogP contribution in [0.5, 0.6) is 0 Å². The molecular formula is C18H14BrNO. The van der Waals surface area contributed by atoms with Gasteiger partial charge in [0.15, 0.2) is 0 Å². The van der Waals surface area contributed by atoms with Crippen LogP contribution in [0, 0.1) is 11.8 Å². The molecule has 0 fully saturated rings. The lowest BCUT2D eigenvalue weighted by Gasteiger charge is -2.17. The first-order valence-corrected chi connectivity index (χ1v) is 7.18. The van der Waals surface area contributed by atoms with Crippen molar-refractivity contribution >= 4 is 27.5 Å². The minimum atomic E-state index is -0.167. The zero-order chi connectivity index (χ0) is 15.2. The molecule has 0 atom stereocenters. The molecule has 2 rings (SSSR count). The average Bonchev–Trinajstić information content (AvgIpc) is 2.52. The van der Waals surface area contributed by atoms with E-state index in [4.69, 9.17) is 0 Å². The minimum Gasteiger partial charge on any atom is -0.311 e. The second-order valence-electron chi connectivity index (χ2n) is 4.38. The fraction of sp³-hybridized carbons (Fsp3) is 0.0556. The van der Waals surface area contributed by atoms with Crippen molar-refractivity contribution in [1.29, 1.82) is 0 Å². The lowest BCUT2D eigenvalue weighted by atomic mass is 10.1. The highest BCUT2D eigenvalue weighted by Gasteiger charge is 2.11. The Balaban J connectivity index is 2.43. The molecule has 0 N–H and O–H groups in total. The number of rotatable bonds is 2. The normalized spacial score (nSPS) is 9.43. The van der Waals surface area contributed by atoms with Gasteiger partial charge >= 0.3 is 0 Å². The van der Waals surface area contributed by atoms with Crippen molar-refractivity contribution in [2.24, 2.45) is 0 Å². The molecule has 0 radical (unpaired) electrons. The summed E-state index contributed by atoms with van der Waals surface area (Å²) in [5.74, 6) is 6.06. The van der Waals surface area contributed by atoms with E-state index in [9.17, 15) is 4.79 Å². The van der Waals surface area contributed by atoms with Crippen molar-refractivity contribution < 1.29 is 4.79 Å². The third-order valence-corrected chi connectivity index (χ3v) is 3.43. The number of carbonyl (C=O) groups is 1. The first-order valence-electron chi connectivity index (χ1n) is 6.38. The molecular weight excluding hydrogens is 326 g/mol. The first-order chi connectivity index (χ1) is 10.1. The van der Waals surface area contributed by atoms with Gasteiger partial charge in [0.25, 0.3) is 0 Å². The Labute approximate surface area is 133 Å². The van der Waals surface area contributed by atoms with Gasteiger partial charge in [0, 0.05) is 22.6 Å². The van der Waals surface area contributed by atoms with E-state index in [1.165, 1.54) is 11.0 Å². The maximum atomic E-state index is 11.8. The summed E-state index contributed by atoms with van der Waals surface area (Å²) in [6, 6.07) is 15.4. The molecule has 104 valence electrons. The lowest BCUT2D eigenvalue weighted by molar-refractivity contribution is -0.113. The van der Waals surface area contributed by atoms with Crippen LogP contribution >= 0.6 is 15.9 Å². The van der Waals surface area contributed by atoms with Crippen molar-refractivity contribution in [2.45, 2.75) is 0 Å². The number of hydrogen-bond donors (Lipinski definition) is 0. The van der Waals surface area contributed by atoms with Gasteiger partial charge in [-0.1, -0.05) is 52.5 Å². The van der Waals surface area contributed by atoms with Crippen LogP contribution in [0.1, 0.15) is 11.1 Å². The topological polar surface area (TPSA) is 20.3 Å². The maximum Gasteiger partial charge on any atom is 0.250 e. The van der Waals surface area contributed by atoms with Gasteiger partial charge in [-0.25, -0.2) is 0 Å². The average molecular weight is 340 g/mol. The van der Waals surface area contributed by atoms with Crippen molar-refractivity contribution in [3.63, 3.8) is 0 Å². The molecule has 0 aliphatic rings. The van der Waals surface area contributed by atoms with Crippen LogP contribution in [0.4, 0.5) is 5.69 Å². The van der Waals surface area contributed by atoms with Crippen molar-refractivity contribution in [3.8, 4) is 11.8 Å². The molecule has 0 aliphatic carbocycles. The molecule has 0 unspecified atom stereocenters. The van der Waals surface area contributed by atoms with Crippen molar-refractivity contribution in [3.05, 3.63) is 76.8 Å². The highest BCUT2D eigenvalue weighted by Crippen LogP contribution is 2.23. The van der Waals surface area contributed by atoms with Gasteiger partial charge in [0.2, 0.25) is 5.91 Å². The molecule has 0 spiro atoms. The predicted octanol–water partition coefficient (Wildman–Crippen LogP) is 4.00. The Kier molecular flexibility index (Phi) is 4.97. The second kappa shape index (κ2) is 6.92. The summed E-state index contributed by atoms with van der Waals surface area (Å²) < 4.78 is 0.920. The third kappa shape index (κ3) is 3.84. The molecule has 0 heterocycles. The summed E-state index contributed by atoms with van der Waals surface area (Å²) in [6.07, 6.45) is 1.29. The summed E-state index contributed by atoms with van der Waals surface area (Å²) in [6.45, 7) is 3.51. The van der Waals surface area contributed by atoms with E-state index in [2.05, 4.69) is 34.3 Å². The zero-order valence-electron chi connectivity index (χ0n) is 11.6. The fourth-order valence-corrected chi connectivity index (χ4v) is 2.18. The SMILES string of the molecule is C=CC(=O)N(C)c1ccc(Br)cc1C#Cc1ccccc1. The Morgan fingerprint density at radius 1 is 1.19 bits per heavy atom. The predicted molar refractivity (Wildman–Crippen MR) is 90.2 cm³/mol. The second-order valence-corrected chi connectivity index (χ2v) is 5.29. The van der Waals surface area contributed by atoms with Crippen LogP contribution < -0.4 is 4.90 Å². The molecule has 3 heteroatoms. The molecule has 0 aromatic heterocycles. The molecule has 2 aromatic rings. The van der Waals surface area contributed by atoms with Crippen LogP contribution in [0.25, 0.3) is 0 Å². The highest BCUT2D eigenvalue weighted by molar-refractivity contribution is 9.10. The van der Waals surface area contributed by atoms with Crippen LogP contribution in [0.15, 0.2) is 65.7 Å².